The lowest BCUT2D eigenvalue weighted by atomic mass is 10.2. The molecule has 3 aromatic rings. The Morgan fingerprint density at radius 3 is 2.77 bits per heavy atom. The molecule has 2 aromatic heterocycles. The predicted molar refractivity (Wildman–Crippen MR) is 97.1 cm³/mol. The van der Waals surface area contributed by atoms with E-state index in [1.807, 2.05) is 0 Å². The van der Waals surface area contributed by atoms with Gasteiger partial charge in [0.1, 0.15) is 5.56 Å². The average molecular weight is 440 g/mol. The zero-order valence-corrected chi connectivity index (χ0v) is 15.6. The number of hydrogen-bond donors (Lipinski definition) is 1. The first-order valence-electron chi connectivity index (χ1n) is 7.46. The number of aromatic nitrogens is 2. The van der Waals surface area contributed by atoms with Crippen LogP contribution in [-0.2, 0) is 13.1 Å². The van der Waals surface area contributed by atoms with Gasteiger partial charge in [0.15, 0.2) is 15.6 Å². The van der Waals surface area contributed by atoms with Crippen LogP contribution in [0.4, 0.5) is 8.78 Å². The summed E-state index contributed by atoms with van der Waals surface area (Å²) in [6.07, 6.45) is 3.11. The van der Waals surface area contributed by atoms with E-state index in [4.69, 9.17) is 0 Å². The molecule has 134 valence electrons. The summed E-state index contributed by atoms with van der Waals surface area (Å²) in [7, 11) is 0. The number of pyridine rings is 1. The average Bonchev–Trinajstić information content (AvgIpc) is 3.03. The van der Waals surface area contributed by atoms with E-state index in [1.54, 1.807) is 12.3 Å². The SMILES string of the molecule is O=C(NCc1cnc(Br)s1)c1cccn(Cc2ccc(F)c(F)c2)c1=O. The summed E-state index contributed by atoms with van der Waals surface area (Å²) in [5.74, 6) is -2.46. The summed E-state index contributed by atoms with van der Waals surface area (Å²) in [4.78, 5) is 29.6. The van der Waals surface area contributed by atoms with Gasteiger partial charge in [-0.15, -0.1) is 11.3 Å². The smallest absolute Gasteiger partial charge is 0.263 e. The van der Waals surface area contributed by atoms with Crippen LogP contribution in [0, 0.1) is 11.6 Å². The van der Waals surface area contributed by atoms with Crippen molar-refractivity contribution in [3.8, 4) is 0 Å². The van der Waals surface area contributed by atoms with E-state index < -0.39 is 23.1 Å². The Balaban J connectivity index is 1.76. The molecule has 5 nitrogen and oxygen atoms in total. The van der Waals surface area contributed by atoms with Crippen LogP contribution >= 0.6 is 27.3 Å². The molecule has 1 N–H and O–H groups in total. The fraction of sp³-hybridized carbons (Fsp3) is 0.118. The maximum atomic E-state index is 13.3. The van der Waals surface area contributed by atoms with Gasteiger partial charge in [0, 0.05) is 17.3 Å². The van der Waals surface area contributed by atoms with Crippen LogP contribution in [0.1, 0.15) is 20.8 Å². The second-order valence-corrected chi connectivity index (χ2v) is 7.76. The van der Waals surface area contributed by atoms with Crippen molar-refractivity contribution in [3.05, 3.63) is 84.6 Å². The molecule has 3 rings (SSSR count). The molecule has 0 radical (unpaired) electrons. The van der Waals surface area contributed by atoms with Crippen LogP contribution in [0.15, 0.2) is 51.4 Å². The molecule has 0 saturated carbocycles. The number of carbonyl (C=O) groups is 1. The highest BCUT2D eigenvalue weighted by molar-refractivity contribution is 9.11. The topological polar surface area (TPSA) is 64.0 Å². The Bertz CT molecular complexity index is 1020. The van der Waals surface area contributed by atoms with Crippen molar-refractivity contribution >= 4 is 33.2 Å². The van der Waals surface area contributed by atoms with E-state index in [0.717, 1.165) is 17.0 Å². The molecular formula is C17H12BrF2N3O2S. The minimum absolute atomic E-state index is 0.0267. The monoisotopic (exact) mass is 439 g/mol. The fourth-order valence-electron chi connectivity index (χ4n) is 2.30. The molecule has 0 fully saturated rings. The first-order valence-corrected chi connectivity index (χ1v) is 9.07. The van der Waals surface area contributed by atoms with Gasteiger partial charge < -0.3 is 9.88 Å². The number of nitrogens with zero attached hydrogens (tertiary/aromatic N) is 2. The molecule has 0 aliphatic rings. The molecule has 0 saturated heterocycles. The van der Waals surface area contributed by atoms with E-state index >= 15 is 0 Å². The molecule has 0 aliphatic heterocycles. The third kappa shape index (κ3) is 4.23. The number of hydrogen-bond acceptors (Lipinski definition) is 4. The van der Waals surface area contributed by atoms with Gasteiger partial charge in [0.2, 0.25) is 0 Å². The van der Waals surface area contributed by atoms with E-state index in [9.17, 15) is 18.4 Å². The lowest BCUT2D eigenvalue weighted by Crippen LogP contribution is -2.32. The van der Waals surface area contributed by atoms with Gasteiger partial charge in [-0.3, -0.25) is 9.59 Å². The maximum Gasteiger partial charge on any atom is 0.263 e. The molecule has 0 atom stereocenters. The van der Waals surface area contributed by atoms with Gasteiger partial charge in [-0.2, -0.15) is 0 Å². The van der Waals surface area contributed by atoms with Crippen LogP contribution in [0.25, 0.3) is 0 Å². The van der Waals surface area contributed by atoms with Crippen LogP contribution < -0.4 is 10.9 Å². The summed E-state index contributed by atoms with van der Waals surface area (Å²) in [6, 6.07) is 6.39. The molecule has 2 heterocycles. The van der Waals surface area contributed by atoms with Crippen LogP contribution in [0.3, 0.4) is 0 Å². The number of thiazole rings is 1. The molecule has 1 amide bonds. The Hall–Kier alpha value is -2.39. The van der Waals surface area contributed by atoms with Crippen LogP contribution in [0.5, 0.6) is 0 Å². The zero-order valence-electron chi connectivity index (χ0n) is 13.2. The summed E-state index contributed by atoms with van der Waals surface area (Å²) in [6.45, 7) is 0.276. The Labute approximate surface area is 159 Å². The summed E-state index contributed by atoms with van der Waals surface area (Å²) in [5, 5.41) is 2.66. The van der Waals surface area contributed by atoms with E-state index in [2.05, 4.69) is 26.2 Å². The largest absolute Gasteiger partial charge is 0.347 e. The number of benzene rings is 1. The van der Waals surface area contributed by atoms with Crippen LogP contribution in [0.2, 0.25) is 0 Å². The molecular weight excluding hydrogens is 428 g/mol. The molecule has 1 aromatic carbocycles. The molecule has 0 unspecified atom stereocenters. The van der Waals surface area contributed by atoms with E-state index in [-0.39, 0.29) is 18.7 Å². The van der Waals surface area contributed by atoms with Crippen molar-refractivity contribution in [2.24, 2.45) is 0 Å². The minimum atomic E-state index is -0.986. The molecule has 9 heteroatoms. The normalized spacial score (nSPS) is 10.7. The van der Waals surface area contributed by atoms with Crippen molar-refractivity contribution in [1.29, 1.82) is 0 Å². The second-order valence-electron chi connectivity index (χ2n) is 5.37. The predicted octanol–water partition coefficient (Wildman–Crippen LogP) is 3.32. The summed E-state index contributed by atoms with van der Waals surface area (Å²) in [5.41, 5.74) is -0.128. The zero-order chi connectivity index (χ0) is 18.7. The number of rotatable bonds is 5. The fourth-order valence-corrected chi connectivity index (χ4v) is 3.59. The number of nitrogens with one attached hydrogen (secondary N) is 1. The van der Waals surface area contributed by atoms with E-state index in [0.29, 0.717) is 9.48 Å². The highest BCUT2D eigenvalue weighted by Crippen LogP contribution is 2.18. The van der Waals surface area contributed by atoms with Gasteiger partial charge in [0.05, 0.1) is 13.1 Å². The van der Waals surface area contributed by atoms with Crippen molar-refractivity contribution in [3.63, 3.8) is 0 Å². The van der Waals surface area contributed by atoms with Crippen molar-refractivity contribution in [2.45, 2.75) is 13.1 Å². The maximum absolute atomic E-state index is 13.3. The molecule has 0 aliphatic carbocycles. The Morgan fingerprint density at radius 2 is 2.08 bits per heavy atom. The quantitative estimate of drug-likeness (QED) is 0.662. The van der Waals surface area contributed by atoms with Crippen molar-refractivity contribution < 1.29 is 13.6 Å². The van der Waals surface area contributed by atoms with Gasteiger partial charge in [-0.25, -0.2) is 13.8 Å². The lowest BCUT2D eigenvalue weighted by Gasteiger charge is -2.09. The Kier molecular flexibility index (Phi) is 5.58. The van der Waals surface area contributed by atoms with Crippen LogP contribution in [-0.4, -0.2) is 15.5 Å². The lowest BCUT2D eigenvalue weighted by molar-refractivity contribution is 0.0949. The second kappa shape index (κ2) is 7.88. The van der Waals surface area contributed by atoms with Gasteiger partial charge in [-0.05, 0) is 45.8 Å². The van der Waals surface area contributed by atoms with Gasteiger partial charge >= 0.3 is 0 Å². The summed E-state index contributed by atoms with van der Waals surface area (Å²) >= 11 is 4.62. The number of halogens is 3. The van der Waals surface area contributed by atoms with E-state index in [1.165, 1.54) is 34.2 Å². The molecule has 0 spiro atoms. The molecule has 0 bridgehead atoms. The minimum Gasteiger partial charge on any atom is -0.347 e. The number of carbonyl (C=O) groups excluding carboxylic acids is 1. The molecule has 26 heavy (non-hydrogen) atoms. The third-order valence-electron chi connectivity index (χ3n) is 3.55. The first-order chi connectivity index (χ1) is 12.4. The van der Waals surface area contributed by atoms with Gasteiger partial charge in [-0.1, -0.05) is 6.07 Å². The standard InChI is InChI=1S/C17H12BrF2N3O2S/c18-17-22-8-11(26-17)7-21-15(24)12-2-1-5-23(16(12)25)9-10-3-4-13(19)14(20)6-10/h1-6,8H,7,9H2,(H,21,24). The highest BCUT2D eigenvalue weighted by Gasteiger charge is 2.13. The third-order valence-corrected chi connectivity index (χ3v) is 5.03. The highest BCUT2D eigenvalue weighted by atomic mass is 79.9. The van der Waals surface area contributed by atoms with Crippen molar-refractivity contribution in [1.82, 2.24) is 14.9 Å². The van der Waals surface area contributed by atoms with Crippen molar-refractivity contribution in [2.75, 3.05) is 0 Å². The number of amides is 1. The summed E-state index contributed by atoms with van der Waals surface area (Å²) < 4.78 is 28.3. The Morgan fingerprint density at radius 1 is 1.27 bits per heavy atom. The first kappa shape index (κ1) is 18.4. The van der Waals surface area contributed by atoms with Gasteiger partial charge in [0.25, 0.3) is 11.5 Å².